The normalized spacial score (nSPS) is 17.9. The molecule has 2 fully saturated rings. The Kier molecular flexibility index (Phi) is 7.83. The van der Waals surface area contributed by atoms with E-state index in [1.165, 1.54) is 11.3 Å². The van der Waals surface area contributed by atoms with Crippen LogP contribution < -0.4 is 9.80 Å². The van der Waals surface area contributed by atoms with Crippen LogP contribution in [0.15, 0.2) is 35.8 Å². The summed E-state index contributed by atoms with van der Waals surface area (Å²) in [4.78, 5) is 50.7. The van der Waals surface area contributed by atoms with Crippen molar-refractivity contribution in [3.05, 3.63) is 46.4 Å². The SMILES string of the molecule is CN1C(=O)CCc2cc(-c3ccc(Cl)cc3-c3csc(N(C(=O)[C@@H](CC(=O)O)CC4CCCC4)C4CC4)n3)cnc21. The number of aromatic nitrogens is 2. The third kappa shape index (κ3) is 5.88. The number of hydrogen-bond donors (Lipinski definition) is 1. The van der Waals surface area contributed by atoms with Crippen molar-refractivity contribution in [3.8, 4) is 22.4 Å². The molecule has 1 N–H and O–H groups in total. The van der Waals surface area contributed by atoms with E-state index in [1.54, 1.807) is 23.0 Å². The molecule has 3 aromatic rings. The van der Waals surface area contributed by atoms with E-state index >= 15 is 0 Å². The quantitative estimate of drug-likeness (QED) is 0.300. The van der Waals surface area contributed by atoms with Gasteiger partial charge in [-0.25, -0.2) is 9.97 Å². The van der Waals surface area contributed by atoms with Crippen molar-refractivity contribution in [3.63, 3.8) is 0 Å². The van der Waals surface area contributed by atoms with Crippen LogP contribution in [0.25, 0.3) is 22.4 Å². The molecule has 2 amide bonds. The summed E-state index contributed by atoms with van der Waals surface area (Å²) < 4.78 is 0. The maximum Gasteiger partial charge on any atom is 0.304 e. The summed E-state index contributed by atoms with van der Waals surface area (Å²) >= 11 is 7.86. The van der Waals surface area contributed by atoms with E-state index in [0.717, 1.165) is 60.8 Å². The fourth-order valence-corrected chi connectivity index (χ4v) is 7.31. The summed E-state index contributed by atoms with van der Waals surface area (Å²) in [7, 11) is 1.75. The minimum Gasteiger partial charge on any atom is -0.481 e. The van der Waals surface area contributed by atoms with Gasteiger partial charge in [0, 0.05) is 53.2 Å². The molecule has 2 aliphatic carbocycles. The standard InChI is InChI=1S/C31H33ClN4O4S/c1-35-27(37)11-6-19-13-21(16-33-29(19)35)24-10-7-22(32)15-25(24)26-17-41-31(34-26)36(23-8-9-23)30(40)20(14-28(38)39)12-18-4-2-3-5-18/h7,10,13,15-18,20,23H,2-6,8-9,11-12,14H2,1H3,(H,38,39)/t20-/m1/s1. The number of carboxylic acid groups (broad SMARTS) is 1. The van der Waals surface area contributed by atoms with Crippen molar-refractivity contribution in [1.82, 2.24) is 9.97 Å². The Hall–Kier alpha value is -3.30. The zero-order valence-electron chi connectivity index (χ0n) is 23.0. The van der Waals surface area contributed by atoms with Crippen molar-refractivity contribution in [2.75, 3.05) is 16.8 Å². The first-order chi connectivity index (χ1) is 19.8. The number of hydrogen-bond acceptors (Lipinski definition) is 6. The lowest BCUT2D eigenvalue weighted by Gasteiger charge is -2.26. The number of carbonyl (C=O) groups is 3. The molecule has 0 saturated heterocycles. The van der Waals surface area contributed by atoms with Crippen LogP contribution in [0.4, 0.5) is 10.9 Å². The fourth-order valence-electron chi connectivity index (χ4n) is 6.23. The Morgan fingerprint density at radius 1 is 1.15 bits per heavy atom. The van der Waals surface area contributed by atoms with Crippen molar-refractivity contribution in [1.29, 1.82) is 0 Å². The summed E-state index contributed by atoms with van der Waals surface area (Å²) in [5.74, 6) is -0.446. The summed E-state index contributed by atoms with van der Waals surface area (Å²) in [5.41, 5.74) is 4.37. The molecular weight excluding hydrogens is 560 g/mol. The van der Waals surface area contributed by atoms with Gasteiger partial charge in [0.05, 0.1) is 12.1 Å². The van der Waals surface area contributed by atoms with Gasteiger partial charge in [-0.1, -0.05) is 43.4 Å². The molecule has 1 aromatic carbocycles. The lowest BCUT2D eigenvalue weighted by molar-refractivity contribution is -0.141. The van der Waals surface area contributed by atoms with Crippen molar-refractivity contribution < 1.29 is 19.5 Å². The molecule has 10 heteroatoms. The van der Waals surface area contributed by atoms with Gasteiger partial charge in [0.15, 0.2) is 5.13 Å². The molecule has 0 unspecified atom stereocenters. The topological polar surface area (TPSA) is 104 Å². The maximum atomic E-state index is 13.9. The molecule has 0 spiro atoms. The van der Waals surface area contributed by atoms with Crippen LogP contribution >= 0.6 is 22.9 Å². The van der Waals surface area contributed by atoms with Crippen LogP contribution in [0.1, 0.15) is 63.4 Å². The lowest BCUT2D eigenvalue weighted by atomic mass is 9.90. The minimum absolute atomic E-state index is 0.0588. The number of thiazole rings is 1. The molecule has 6 rings (SSSR count). The molecule has 41 heavy (non-hydrogen) atoms. The molecule has 3 heterocycles. The highest BCUT2D eigenvalue weighted by Gasteiger charge is 2.40. The summed E-state index contributed by atoms with van der Waals surface area (Å²) in [6, 6.07) is 7.80. The van der Waals surface area contributed by atoms with Gasteiger partial charge in [0.2, 0.25) is 11.8 Å². The Morgan fingerprint density at radius 3 is 2.66 bits per heavy atom. The molecular formula is C31H33ClN4O4S. The molecule has 3 aliphatic rings. The van der Waals surface area contributed by atoms with Gasteiger partial charge in [0.25, 0.3) is 0 Å². The lowest BCUT2D eigenvalue weighted by Crippen LogP contribution is -2.39. The van der Waals surface area contributed by atoms with E-state index < -0.39 is 11.9 Å². The van der Waals surface area contributed by atoms with Gasteiger partial charge in [-0.05, 0) is 60.9 Å². The zero-order valence-corrected chi connectivity index (χ0v) is 24.6. The highest BCUT2D eigenvalue weighted by atomic mass is 35.5. The van der Waals surface area contributed by atoms with Crippen molar-refractivity contribution >= 4 is 51.7 Å². The third-order valence-electron chi connectivity index (χ3n) is 8.52. The second-order valence-electron chi connectivity index (χ2n) is 11.5. The number of halogens is 1. The molecule has 0 radical (unpaired) electrons. The Bertz CT molecular complexity index is 1500. The number of benzene rings is 1. The van der Waals surface area contributed by atoms with Gasteiger partial charge < -0.3 is 5.11 Å². The van der Waals surface area contributed by atoms with E-state index in [-0.39, 0.29) is 24.3 Å². The van der Waals surface area contributed by atoms with Gasteiger partial charge in [-0.2, -0.15) is 0 Å². The second-order valence-corrected chi connectivity index (χ2v) is 12.8. The van der Waals surface area contributed by atoms with Gasteiger partial charge >= 0.3 is 5.97 Å². The number of carboxylic acids is 1. The zero-order chi connectivity index (χ0) is 28.7. The Labute approximate surface area is 248 Å². The van der Waals surface area contributed by atoms with Crippen molar-refractivity contribution in [2.45, 2.75) is 70.3 Å². The molecule has 0 bridgehead atoms. The van der Waals surface area contributed by atoms with Crippen LogP contribution in [0, 0.1) is 11.8 Å². The number of amides is 2. The summed E-state index contributed by atoms with van der Waals surface area (Å²) in [5, 5.41) is 12.7. The molecule has 1 atom stereocenters. The van der Waals surface area contributed by atoms with E-state index in [2.05, 4.69) is 11.1 Å². The fraction of sp³-hybridized carbons (Fsp3) is 0.452. The van der Waals surface area contributed by atoms with E-state index in [9.17, 15) is 19.5 Å². The summed E-state index contributed by atoms with van der Waals surface area (Å²) in [6.45, 7) is 0. The van der Waals surface area contributed by atoms with Gasteiger partial charge in [-0.3, -0.25) is 24.2 Å². The number of fused-ring (bicyclic) bond motifs is 1. The van der Waals surface area contributed by atoms with Gasteiger partial charge in [-0.15, -0.1) is 11.3 Å². The van der Waals surface area contributed by atoms with Gasteiger partial charge in [0.1, 0.15) is 5.82 Å². The first kappa shape index (κ1) is 27.8. The van der Waals surface area contributed by atoms with Crippen LogP contribution in [-0.2, 0) is 20.8 Å². The largest absolute Gasteiger partial charge is 0.481 e. The van der Waals surface area contributed by atoms with Crippen LogP contribution in [0.2, 0.25) is 5.02 Å². The van der Waals surface area contributed by atoms with Crippen LogP contribution in [0.5, 0.6) is 0 Å². The molecule has 1 aliphatic heterocycles. The van der Waals surface area contributed by atoms with Crippen molar-refractivity contribution in [2.24, 2.45) is 11.8 Å². The predicted octanol–water partition coefficient (Wildman–Crippen LogP) is 6.60. The minimum atomic E-state index is -0.935. The number of aliphatic carboxylic acids is 1. The number of aryl methyl sites for hydroxylation is 1. The number of nitrogens with zero attached hydrogens (tertiary/aromatic N) is 4. The first-order valence-corrected chi connectivity index (χ1v) is 15.6. The average molecular weight is 593 g/mol. The monoisotopic (exact) mass is 592 g/mol. The van der Waals surface area contributed by atoms with E-state index in [1.807, 2.05) is 23.6 Å². The third-order valence-corrected chi connectivity index (χ3v) is 9.60. The number of pyridine rings is 1. The highest BCUT2D eigenvalue weighted by Crippen LogP contribution is 2.42. The Balaban J connectivity index is 1.32. The van der Waals surface area contributed by atoms with Crippen LogP contribution in [-0.4, -0.2) is 45.9 Å². The summed E-state index contributed by atoms with van der Waals surface area (Å²) in [6.07, 6.45) is 9.55. The van der Waals surface area contributed by atoms with E-state index in [0.29, 0.717) is 46.8 Å². The number of carbonyl (C=O) groups excluding carboxylic acids is 2. The number of rotatable bonds is 9. The van der Waals surface area contributed by atoms with E-state index in [4.69, 9.17) is 16.6 Å². The van der Waals surface area contributed by atoms with Crippen LogP contribution in [0.3, 0.4) is 0 Å². The molecule has 214 valence electrons. The maximum absolute atomic E-state index is 13.9. The predicted molar refractivity (Wildman–Crippen MR) is 160 cm³/mol. The second kappa shape index (κ2) is 11.5. The molecule has 2 saturated carbocycles. The Morgan fingerprint density at radius 2 is 1.93 bits per heavy atom. The molecule has 8 nitrogen and oxygen atoms in total. The molecule has 2 aromatic heterocycles. The average Bonchev–Trinajstić information content (AvgIpc) is 3.42. The first-order valence-electron chi connectivity index (χ1n) is 14.3. The highest BCUT2D eigenvalue weighted by molar-refractivity contribution is 7.14. The number of anilines is 2. The smallest absolute Gasteiger partial charge is 0.304 e.